The van der Waals surface area contributed by atoms with Crippen LogP contribution in [0.1, 0.15) is 17.0 Å². The number of alkyl halides is 3. The van der Waals surface area contributed by atoms with Gasteiger partial charge < -0.3 is 9.67 Å². The normalized spacial score (nSPS) is 14.0. The van der Waals surface area contributed by atoms with Crippen LogP contribution in [0, 0.1) is 6.92 Å². The third-order valence-electron chi connectivity index (χ3n) is 4.66. The number of halogens is 3. The zero-order valence-electron chi connectivity index (χ0n) is 16.6. The smallest absolute Gasteiger partial charge is 0.475 e. The molecule has 0 aliphatic carbocycles. The molecule has 1 aliphatic rings. The second-order valence-electron chi connectivity index (χ2n) is 7.12. The van der Waals surface area contributed by atoms with Gasteiger partial charge in [-0.25, -0.2) is 9.78 Å². The SMILES string of the molecule is Cc1cccc(-c2cnc3n2CCN(Cc2cnn(C)c2)C3)c1.O=C(O)C(F)(F)F. The maximum absolute atomic E-state index is 10.6. The molecular weight excluding hydrogens is 399 g/mol. The molecule has 4 rings (SSSR count). The van der Waals surface area contributed by atoms with Gasteiger partial charge >= 0.3 is 12.1 Å². The molecule has 30 heavy (non-hydrogen) atoms. The summed E-state index contributed by atoms with van der Waals surface area (Å²) >= 11 is 0. The standard InChI is InChI=1S/C18H21N5.C2HF3O2/c1-14-4-3-5-16(8-14)17-10-19-18-13-22(6-7-23(17)18)12-15-9-20-21(2)11-15;3-2(4,5)1(6)7/h3-5,8-11H,6-7,12-13H2,1-2H3;(H,6,7). The third-order valence-corrected chi connectivity index (χ3v) is 4.66. The first-order valence-corrected chi connectivity index (χ1v) is 9.25. The number of hydrogen-bond acceptors (Lipinski definition) is 4. The van der Waals surface area contributed by atoms with Crippen molar-refractivity contribution in [1.82, 2.24) is 24.2 Å². The molecule has 1 aliphatic heterocycles. The number of nitrogens with zero attached hydrogens (tertiary/aromatic N) is 5. The highest BCUT2D eigenvalue weighted by Gasteiger charge is 2.38. The van der Waals surface area contributed by atoms with Gasteiger partial charge in [-0.05, 0) is 13.0 Å². The first kappa shape index (κ1) is 21.6. The maximum Gasteiger partial charge on any atom is 0.490 e. The molecule has 0 radical (unpaired) electrons. The van der Waals surface area contributed by atoms with E-state index >= 15 is 0 Å². The summed E-state index contributed by atoms with van der Waals surface area (Å²) in [7, 11) is 1.96. The van der Waals surface area contributed by atoms with Gasteiger partial charge in [0, 0.05) is 44.0 Å². The lowest BCUT2D eigenvalue weighted by Gasteiger charge is -2.28. The first-order chi connectivity index (χ1) is 14.1. The highest BCUT2D eigenvalue weighted by Crippen LogP contribution is 2.25. The predicted molar refractivity (Wildman–Crippen MR) is 103 cm³/mol. The van der Waals surface area contributed by atoms with E-state index in [0.717, 1.165) is 32.0 Å². The summed E-state index contributed by atoms with van der Waals surface area (Å²) < 4.78 is 35.9. The second kappa shape index (κ2) is 8.70. The van der Waals surface area contributed by atoms with E-state index in [1.165, 1.54) is 22.4 Å². The van der Waals surface area contributed by atoms with Crippen molar-refractivity contribution >= 4 is 5.97 Å². The maximum atomic E-state index is 10.6. The van der Waals surface area contributed by atoms with E-state index in [0.29, 0.717) is 0 Å². The Hall–Kier alpha value is -3.14. The van der Waals surface area contributed by atoms with Crippen molar-refractivity contribution in [2.45, 2.75) is 32.7 Å². The minimum Gasteiger partial charge on any atom is -0.475 e. The molecular formula is C20H22F3N5O2. The topological polar surface area (TPSA) is 76.2 Å². The van der Waals surface area contributed by atoms with Crippen molar-refractivity contribution in [3.63, 3.8) is 0 Å². The summed E-state index contributed by atoms with van der Waals surface area (Å²) in [5.41, 5.74) is 5.02. The van der Waals surface area contributed by atoms with Crippen molar-refractivity contribution in [3.05, 3.63) is 59.8 Å². The molecule has 3 aromatic rings. The molecule has 160 valence electrons. The highest BCUT2D eigenvalue weighted by atomic mass is 19.4. The Morgan fingerprint density at radius 3 is 2.57 bits per heavy atom. The number of fused-ring (bicyclic) bond motifs is 1. The molecule has 0 saturated carbocycles. The molecule has 0 spiro atoms. The van der Waals surface area contributed by atoms with Crippen LogP contribution in [0.25, 0.3) is 11.3 Å². The number of carboxylic acid groups (broad SMARTS) is 1. The lowest BCUT2D eigenvalue weighted by Crippen LogP contribution is -2.33. The Morgan fingerprint density at radius 1 is 1.23 bits per heavy atom. The summed E-state index contributed by atoms with van der Waals surface area (Å²) in [6, 6.07) is 8.64. The number of rotatable bonds is 3. The lowest BCUT2D eigenvalue weighted by molar-refractivity contribution is -0.192. The fourth-order valence-electron chi connectivity index (χ4n) is 3.29. The largest absolute Gasteiger partial charge is 0.490 e. The van der Waals surface area contributed by atoms with Crippen LogP contribution in [0.15, 0.2) is 42.9 Å². The number of aliphatic carboxylic acids is 1. The number of aryl methyl sites for hydroxylation is 2. The molecule has 0 unspecified atom stereocenters. The number of hydrogen-bond donors (Lipinski definition) is 1. The lowest BCUT2D eigenvalue weighted by atomic mass is 10.1. The Bertz CT molecular complexity index is 1030. The van der Waals surface area contributed by atoms with Gasteiger partial charge in [-0.3, -0.25) is 9.58 Å². The van der Waals surface area contributed by atoms with Crippen molar-refractivity contribution in [1.29, 1.82) is 0 Å². The first-order valence-electron chi connectivity index (χ1n) is 9.25. The van der Waals surface area contributed by atoms with Crippen LogP contribution in [0.3, 0.4) is 0 Å². The van der Waals surface area contributed by atoms with E-state index in [2.05, 4.69) is 56.9 Å². The number of aromatic nitrogens is 4. The predicted octanol–water partition coefficient (Wildman–Crippen LogP) is 3.24. The highest BCUT2D eigenvalue weighted by molar-refractivity contribution is 5.73. The van der Waals surface area contributed by atoms with E-state index in [4.69, 9.17) is 9.90 Å². The number of benzene rings is 1. The summed E-state index contributed by atoms with van der Waals surface area (Å²) in [4.78, 5) is 16.0. The molecule has 0 saturated heterocycles. The zero-order chi connectivity index (χ0) is 21.9. The Labute approximate surface area is 171 Å². The Balaban J connectivity index is 0.000000318. The molecule has 2 aromatic heterocycles. The van der Waals surface area contributed by atoms with E-state index in [1.54, 1.807) is 0 Å². The van der Waals surface area contributed by atoms with Gasteiger partial charge in [-0.1, -0.05) is 23.8 Å². The molecule has 7 nitrogen and oxygen atoms in total. The van der Waals surface area contributed by atoms with Crippen LogP contribution in [0.2, 0.25) is 0 Å². The Kier molecular flexibility index (Phi) is 6.25. The Morgan fingerprint density at radius 2 is 1.97 bits per heavy atom. The van der Waals surface area contributed by atoms with Crippen molar-refractivity contribution in [2.75, 3.05) is 6.54 Å². The molecule has 1 N–H and O–H groups in total. The van der Waals surface area contributed by atoms with E-state index in [-0.39, 0.29) is 0 Å². The van der Waals surface area contributed by atoms with Gasteiger partial charge in [0.1, 0.15) is 5.82 Å². The summed E-state index contributed by atoms with van der Waals surface area (Å²) in [5, 5.41) is 11.4. The molecule has 0 bridgehead atoms. The average molecular weight is 421 g/mol. The average Bonchev–Trinajstić information content (AvgIpc) is 3.27. The van der Waals surface area contributed by atoms with Gasteiger partial charge in [0.2, 0.25) is 0 Å². The van der Waals surface area contributed by atoms with Crippen LogP contribution in [-0.4, -0.2) is 48.0 Å². The van der Waals surface area contributed by atoms with Crippen LogP contribution in [0.5, 0.6) is 0 Å². The molecule has 0 atom stereocenters. The van der Waals surface area contributed by atoms with Crippen LogP contribution in [0.4, 0.5) is 13.2 Å². The third kappa shape index (κ3) is 5.26. The number of carboxylic acids is 1. The molecule has 0 amide bonds. The monoisotopic (exact) mass is 421 g/mol. The van der Waals surface area contributed by atoms with E-state index < -0.39 is 12.1 Å². The van der Waals surface area contributed by atoms with Gasteiger partial charge in [0.15, 0.2) is 0 Å². The van der Waals surface area contributed by atoms with Crippen molar-refractivity contribution < 1.29 is 23.1 Å². The number of imidazole rings is 1. The van der Waals surface area contributed by atoms with E-state index in [1.807, 2.05) is 24.1 Å². The molecule has 0 fully saturated rings. The summed E-state index contributed by atoms with van der Waals surface area (Å²) in [5.74, 6) is -1.61. The molecule has 10 heteroatoms. The quantitative estimate of drug-likeness (QED) is 0.703. The summed E-state index contributed by atoms with van der Waals surface area (Å²) in [6.07, 6.45) is 0.955. The van der Waals surface area contributed by atoms with Crippen molar-refractivity contribution in [2.24, 2.45) is 7.05 Å². The van der Waals surface area contributed by atoms with Crippen LogP contribution >= 0.6 is 0 Å². The fraction of sp³-hybridized carbons (Fsp3) is 0.350. The van der Waals surface area contributed by atoms with Gasteiger partial charge in [0.05, 0.1) is 24.6 Å². The summed E-state index contributed by atoms with van der Waals surface area (Å²) in [6.45, 7) is 5.98. The second-order valence-corrected chi connectivity index (χ2v) is 7.12. The van der Waals surface area contributed by atoms with Gasteiger partial charge in [-0.2, -0.15) is 18.3 Å². The van der Waals surface area contributed by atoms with Crippen LogP contribution < -0.4 is 0 Å². The van der Waals surface area contributed by atoms with Gasteiger partial charge in [0.25, 0.3) is 0 Å². The number of carbonyl (C=O) groups is 1. The van der Waals surface area contributed by atoms with Crippen molar-refractivity contribution in [3.8, 4) is 11.3 Å². The van der Waals surface area contributed by atoms with E-state index in [9.17, 15) is 13.2 Å². The minimum atomic E-state index is -5.08. The minimum absolute atomic E-state index is 0.890. The molecule has 3 heterocycles. The van der Waals surface area contributed by atoms with Crippen LogP contribution in [-0.2, 0) is 31.5 Å². The molecule has 1 aromatic carbocycles. The van der Waals surface area contributed by atoms with Gasteiger partial charge in [-0.15, -0.1) is 0 Å². The zero-order valence-corrected chi connectivity index (χ0v) is 16.6. The fourth-order valence-corrected chi connectivity index (χ4v) is 3.29.